The van der Waals surface area contributed by atoms with Gasteiger partial charge in [-0.3, -0.25) is 4.21 Å². The molecule has 0 aliphatic carbocycles. The van der Waals surface area contributed by atoms with Gasteiger partial charge in [-0.05, 0) is 25.5 Å². The second kappa shape index (κ2) is 6.36. The summed E-state index contributed by atoms with van der Waals surface area (Å²) in [6.45, 7) is 1.91. The summed E-state index contributed by atoms with van der Waals surface area (Å²) in [5.41, 5.74) is 6.41. The number of nitrogens with two attached hydrogens (primary N) is 2. The Morgan fingerprint density at radius 2 is 2.05 bits per heavy atom. The van der Waals surface area contributed by atoms with Gasteiger partial charge in [0.25, 0.3) is 0 Å². The summed E-state index contributed by atoms with van der Waals surface area (Å²) >= 11 is 0. The minimum atomic E-state index is -3.83. The van der Waals surface area contributed by atoms with E-state index >= 15 is 0 Å². The maximum atomic E-state index is 11.3. The Hall–Kier alpha value is -1.12. The Morgan fingerprint density at radius 1 is 1.42 bits per heavy atom. The summed E-state index contributed by atoms with van der Waals surface area (Å²) in [6.07, 6.45) is 2.34. The molecule has 5 N–H and O–H groups in total. The van der Waals surface area contributed by atoms with Crippen LogP contribution >= 0.6 is 0 Å². The molecule has 1 aromatic carbocycles. The van der Waals surface area contributed by atoms with Crippen LogP contribution in [-0.4, -0.2) is 30.7 Å². The molecule has 0 aliphatic heterocycles. The Labute approximate surface area is 116 Å². The molecule has 0 radical (unpaired) electrons. The normalized spacial score (nSPS) is 14.9. The van der Waals surface area contributed by atoms with Crippen LogP contribution < -0.4 is 16.2 Å². The van der Waals surface area contributed by atoms with Gasteiger partial charge in [0.15, 0.2) is 0 Å². The first-order valence-electron chi connectivity index (χ1n) is 5.69. The Bertz CT molecular complexity index is 573. The molecule has 1 aromatic rings. The van der Waals surface area contributed by atoms with E-state index in [-0.39, 0.29) is 16.6 Å². The molecule has 2 atom stereocenters. The van der Waals surface area contributed by atoms with E-state index in [1.807, 2.05) is 6.92 Å². The number of nitrogen functional groups attached to an aromatic ring is 1. The molecule has 108 valence electrons. The van der Waals surface area contributed by atoms with Gasteiger partial charge < -0.3 is 11.1 Å². The number of hydrogen-bond donors (Lipinski definition) is 3. The lowest BCUT2D eigenvalue weighted by atomic mass is 10.2. The number of para-hydroxylation sites is 1. The van der Waals surface area contributed by atoms with Crippen LogP contribution in [0.1, 0.15) is 13.3 Å². The molecule has 0 aromatic heterocycles. The zero-order chi connectivity index (χ0) is 14.6. The minimum absolute atomic E-state index is 0.0296. The van der Waals surface area contributed by atoms with Gasteiger partial charge >= 0.3 is 0 Å². The fourth-order valence-corrected chi connectivity index (χ4v) is 2.97. The molecule has 2 unspecified atom stereocenters. The van der Waals surface area contributed by atoms with Gasteiger partial charge in [0.05, 0.1) is 11.4 Å². The van der Waals surface area contributed by atoms with Gasteiger partial charge in [0.1, 0.15) is 4.90 Å². The van der Waals surface area contributed by atoms with E-state index in [0.717, 1.165) is 0 Å². The smallest absolute Gasteiger partial charge is 0.240 e. The standard InChI is InChI=1S/C11H19N3O3S2/c1-8(6-7-18(2)15)14-9-4-3-5-10(11(9)12)19(13,16)17/h3-5,8,14H,6-7,12H2,1-2H3,(H2,13,16,17). The zero-order valence-corrected chi connectivity index (χ0v) is 12.6. The van der Waals surface area contributed by atoms with Crippen LogP contribution in [0, 0.1) is 0 Å². The number of rotatable bonds is 6. The number of sulfonamides is 1. The van der Waals surface area contributed by atoms with Crippen molar-refractivity contribution in [1.29, 1.82) is 0 Å². The van der Waals surface area contributed by atoms with Crippen LogP contribution in [0.3, 0.4) is 0 Å². The van der Waals surface area contributed by atoms with Crippen LogP contribution in [0.15, 0.2) is 23.1 Å². The van der Waals surface area contributed by atoms with Crippen molar-refractivity contribution in [1.82, 2.24) is 0 Å². The van der Waals surface area contributed by atoms with Crippen LogP contribution in [0.25, 0.3) is 0 Å². The van der Waals surface area contributed by atoms with E-state index in [4.69, 9.17) is 10.9 Å². The average Bonchev–Trinajstić information content (AvgIpc) is 2.27. The molecule has 0 saturated carbocycles. The second-order valence-corrected chi connectivity index (χ2v) is 7.46. The van der Waals surface area contributed by atoms with Gasteiger partial charge in [0, 0.05) is 28.9 Å². The summed E-state index contributed by atoms with van der Waals surface area (Å²) in [5.74, 6) is 0.572. The Balaban J connectivity index is 2.88. The maximum Gasteiger partial charge on any atom is 0.240 e. The molecule has 1 rings (SSSR count). The third kappa shape index (κ3) is 4.81. The lowest BCUT2D eigenvalue weighted by molar-refractivity contribution is 0.598. The van der Waals surface area contributed by atoms with Gasteiger partial charge in [-0.2, -0.15) is 0 Å². The highest BCUT2D eigenvalue weighted by Crippen LogP contribution is 2.26. The lowest BCUT2D eigenvalue weighted by Gasteiger charge is -2.17. The summed E-state index contributed by atoms with van der Waals surface area (Å²) in [4.78, 5) is -0.0937. The third-order valence-electron chi connectivity index (χ3n) is 2.61. The molecule has 0 amide bonds. The molecule has 8 heteroatoms. The van der Waals surface area contributed by atoms with Crippen molar-refractivity contribution in [2.75, 3.05) is 23.1 Å². The topological polar surface area (TPSA) is 115 Å². The van der Waals surface area contributed by atoms with Crippen molar-refractivity contribution < 1.29 is 12.6 Å². The molecule has 0 fully saturated rings. The van der Waals surface area contributed by atoms with E-state index in [2.05, 4.69) is 5.32 Å². The first kappa shape index (κ1) is 15.9. The van der Waals surface area contributed by atoms with Crippen LogP contribution in [0.5, 0.6) is 0 Å². The van der Waals surface area contributed by atoms with Crippen molar-refractivity contribution in [3.63, 3.8) is 0 Å². The molecule has 0 aliphatic rings. The van der Waals surface area contributed by atoms with Gasteiger partial charge in [-0.25, -0.2) is 13.6 Å². The largest absolute Gasteiger partial charge is 0.396 e. The Kier molecular flexibility index (Phi) is 5.33. The molecule has 0 saturated heterocycles. The fraction of sp³-hybridized carbons (Fsp3) is 0.455. The number of hydrogen-bond acceptors (Lipinski definition) is 5. The highest BCUT2D eigenvalue weighted by atomic mass is 32.2. The molecular formula is C11H19N3O3S2. The van der Waals surface area contributed by atoms with E-state index in [9.17, 15) is 12.6 Å². The summed E-state index contributed by atoms with van der Waals surface area (Å²) < 4.78 is 33.7. The predicted octanol–water partition coefficient (Wildman–Crippen LogP) is 0.485. The lowest BCUT2D eigenvalue weighted by Crippen LogP contribution is -2.20. The maximum absolute atomic E-state index is 11.3. The van der Waals surface area contributed by atoms with Crippen molar-refractivity contribution in [3.8, 4) is 0 Å². The van der Waals surface area contributed by atoms with Crippen molar-refractivity contribution >= 4 is 32.2 Å². The average molecular weight is 305 g/mol. The van der Waals surface area contributed by atoms with Crippen LogP contribution in [0.2, 0.25) is 0 Å². The summed E-state index contributed by atoms with van der Waals surface area (Å²) in [6, 6.07) is 4.65. The summed E-state index contributed by atoms with van der Waals surface area (Å²) in [5, 5.41) is 8.18. The minimum Gasteiger partial charge on any atom is -0.396 e. The quantitative estimate of drug-likeness (QED) is 0.661. The fourth-order valence-electron chi connectivity index (χ4n) is 1.60. The van der Waals surface area contributed by atoms with Crippen LogP contribution in [0.4, 0.5) is 11.4 Å². The number of nitrogens with one attached hydrogen (secondary N) is 1. The molecule has 0 spiro atoms. The van der Waals surface area contributed by atoms with E-state index in [1.54, 1.807) is 18.4 Å². The number of anilines is 2. The zero-order valence-electron chi connectivity index (χ0n) is 10.9. The molecule has 0 bridgehead atoms. The van der Waals surface area contributed by atoms with Crippen molar-refractivity contribution in [2.24, 2.45) is 5.14 Å². The number of primary sulfonamides is 1. The van der Waals surface area contributed by atoms with Crippen LogP contribution in [-0.2, 0) is 20.8 Å². The SMILES string of the molecule is CC(CCS(C)=O)Nc1cccc(S(N)(=O)=O)c1N. The van der Waals surface area contributed by atoms with Gasteiger partial charge in [-0.15, -0.1) is 0 Å². The first-order chi connectivity index (χ1) is 8.71. The van der Waals surface area contributed by atoms with E-state index in [0.29, 0.717) is 17.9 Å². The molecule has 6 nitrogen and oxygen atoms in total. The van der Waals surface area contributed by atoms with E-state index < -0.39 is 20.8 Å². The molecule has 19 heavy (non-hydrogen) atoms. The van der Waals surface area contributed by atoms with Gasteiger partial charge in [-0.1, -0.05) is 6.07 Å². The van der Waals surface area contributed by atoms with Gasteiger partial charge in [0.2, 0.25) is 10.0 Å². The highest BCUT2D eigenvalue weighted by Gasteiger charge is 2.15. The summed E-state index contributed by atoms with van der Waals surface area (Å²) in [7, 11) is -4.69. The molecule has 0 heterocycles. The number of benzene rings is 1. The first-order valence-corrected chi connectivity index (χ1v) is 8.97. The predicted molar refractivity (Wildman–Crippen MR) is 78.9 cm³/mol. The van der Waals surface area contributed by atoms with Crippen molar-refractivity contribution in [3.05, 3.63) is 18.2 Å². The highest BCUT2D eigenvalue weighted by molar-refractivity contribution is 7.89. The van der Waals surface area contributed by atoms with Crippen molar-refractivity contribution in [2.45, 2.75) is 24.3 Å². The second-order valence-electron chi connectivity index (χ2n) is 4.37. The van der Waals surface area contributed by atoms with E-state index in [1.165, 1.54) is 6.07 Å². The molecular weight excluding hydrogens is 286 g/mol. The monoisotopic (exact) mass is 305 g/mol. The Morgan fingerprint density at radius 3 is 2.58 bits per heavy atom. The third-order valence-corrected chi connectivity index (χ3v) is 4.39.